The Hall–Kier alpha value is -1.31. The Bertz CT molecular complexity index is 228. The van der Waals surface area contributed by atoms with Gasteiger partial charge in [-0.05, 0) is 0 Å². The number of ether oxygens (including phenoxy) is 1. The van der Waals surface area contributed by atoms with Gasteiger partial charge in [-0.3, -0.25) is 4.79 Å². The second kappa shape index (κ2) is 4.80. The van der Waals surface area contributed by atoms with E-state index in [9.17, 15) is 22.8 Å². The van der Waals surface area contributed by atoms with Crippen LogP contribution in [0.25, 0.3) is 0 Å². The SMILES string of the molecule is COC(=O)C(CO)NC(=O)C(F)(F)F. The average molecular weight is 215 g/mol. The van der Waals surface area contributed by atoms with Gasteiger partial charge in [0.2, 0.25) is 0 Å². The van der Waals surface area contributed by atoms with E-state index in [1.165, 1.54) is 5.32 Å². The van der Waals surface area contributed by atoms with E-state index in [4.69, 9.17) is 5.11 Å². The van der Waals surface area contributed by atoms with E-state index in [-0.39, 0.29) is 0 Å². The van der Waals surface area contributed by atoms with Gasteiger partial charge < -0.3 is 15.2 Å². The summed E-state index contributed by atoms with van der Waals surface area (Å²) in [5, 5.41) is 9.73. The van der Waals surface area contributed by atoms with Crippen LogP contribution < -0.4 is 5.32 Å². The van der Waals surface area contributed by atoms with E-state index in [0.29, 0.717) is 0 Å². The van der Waals surface area contributed by atoms with Gasteiger partial charge in [0.15, 0.2) is 6.04 Å². The van der Waals surface area contributed by atoms with E-state index < -0.39 is 30.7 Å². The zero-order chi connectivity index (χ0) is 11.4. The molecule has 0 aromatic rings. The van der Waals surface area contributed by atoms with Crippen LogP contribution in [-0.4, -0.2) is 42.9 Å². The van der Waals surface area contributed by atoms with E-state index in [1.807, 2.05) is 0 Å². The molecule has 0 bridgehead atoms. The number of amides is 1. The van der Waals surface area contributed by atoms with Crippen LogP contribution >= 0.6 is 0 Å². The summed E-state index contributed by atoms with van der Waals surface area (Å²) in [5.41, 5.74) is 0. The number of methoxy groups -OCH3 is 1. The number of nitrogens with one attached hydrogen (secondary N) is 1. The fourth-order valence-electron chi connectivity index (χ4n) is 0.561. The van der Waals surface area contributed by atoms with Crippen LogP contribution in [0, 0.1) is 0 Å². The van der Waals surface area contributed by atoms with Crippen molar-refractivity contribution in [1.82, 2.24) is 5.32 Å². The van der Waals surface area contributed by atoms with E-state index in [0.717, 1.165) is 7.11 Å². The highest BCUT2D eigenvalue weighted by Gasteiger charge is 2.40. The van der Waals surface area contributed by atoms with Crippen LogP contribution in [-0.2, 0) is 14.3 Å². The molecule has 0 aromatic carbocycles. The number of halogens is 3. The minimum atomic E-state index is -5.10. The number of aliphatic hydroxyl groups is 1. The third-order valence-corrected chi connectivity index (χ3v) is 1.23. The molecule has 1 amide bonds. The number of hydrogen-bond donors (Lipinski definition) is 2. The lowest BCUT2D eigenvalue weighted by Crippen LogP contribution is -2.49. The Labute approximate surface area is 76.8 Å². The van der Waals surface area contributed by atoms with Gasteiger partial charge in [-0.2, -0.15) is 13.2 Å². The summed E-state index contributed by atoms with van der Waals surface area (Å²) in [4.78, 5) is 20.9. The number of esters is 1. The van der Waals surface area contributed by atoms with E-state index in [1.54, 1.807) is 0 Å². The molecule has 8 heteroatoms. The highest BCUT2D eigenvalue weighted by atomic mass is 19.4. The number of aliphatic hydroxyl groups excluding tert-OH is 1. The Morgan fingerprint density at radius 3 is 2.29 bits per heavy atom. The first-order valence-electron chi connectivity index (χ1n) is 3.39. The zero-order valence-corrected chi connectivity index (χ0v) is 7.09. The van der Waals surface area contributed by atoms with Crippen molar-refractivity contribution >= 4 is 11.9 Å². The van der Waals surface area contributed by atoms with Gasteiger partial charge in [0, 0.05) is 0 Å². The van der Waals surface area contributed by atoms with Crippen molar-refractivity contribution in [3.63, 3.8) is 0 Å². The molecular formula is C6H8F3NO4. The van der Waals surface area contributed by atoms with Gasteiger partial charge in [-0.15, -0.1) is 0 Å². The van der Waals surface area contributed by atoms with Crippen molar-refractivity contribution in [3.8, 4) is 0 Å². The highest BCUT2D eigenvalue weighted by Crippen LogP contribution is 2.14. The molecule has 1 unspecified atom stereocenters. The summed E-state index contributed by atoms with van der Waals surface area (Å²) in [7, 11) is 0.921. The summed E-state index contributed by atoms with van der Waals surface area (Å²) in [6.45, 7) is -0.964. The second-order valence-corrected chi connectivity index (χ2v) is 2.23. The lowest BCUT2D eigenvalue weighted by atomic mass is 10.3. The quantitative estimate of drug-likeness (QED) is 0.604. The zero-order valence-electron chi connectivity index (χ0n) is 7.09. The largest absolute Gasteiger partial charge is 0.471 e. The first kappa shape index (κ1) is 12.7. The fourth-order valence-corrected chi connectivity index (χ4v) is 0.561. The molecule has 5 nitrogen and oxygen atoms in total. The molecule has 2 N–H and O–H groups in total. The standard InChI is InChI=1S/C6H8F3NO4/c1-14-4(12)3(2-11)10-5(13)6(7,8)9/h3,11H,2H2,1H3,(H,10,13). The molecule has 0 radical (unpaired) electrons. The van der Waals surface area contributed by atoms with Gasteiger partial charge in [0.1, 0.15) is 0 Å². The Balaban J connectivity index is 4.34. The normalized spacial score (nSPS) is 13.2. The maximum Gasteiger partial charge on any atom is 0.471 e. The first-order valence-corrected chi connectivity index (χ1v) is 3.39. The van der Waals surface area contributed by atoms with E-state index >= 15 is 0 Å². The minimum absolute atomic E-state index is 0.921. The number of carbonyl (C=O) groups is 2. The predicted molar refractivity (Wildman–Crippen MR) is 37.1 cm³/mol. The predicted octanol–water partition coefficient (Wildman–Crippen LogP) is -0.801. The molecule has 1 atom stereocenters. The summed E-state index contributed by atoms with van der Waals surface area (Å²) >= 11 is 0. The summed E-state index contributed by atoms with van der Waals surface area (Å²) in [6.07, 6.45) is -5.10. The Morgan fingerprint density at radius 2 is 2.00 bits per heavy atom. The molecule has 82 valence electrons. The van der Waals surface area contributed by atoms with Gasteiger partial charge in [0.25, 0.3) is 0 Å². The molecule has 0 fully saturated rings. The van der Waals surface area contributed by atoms with Crippen LogP contribution in [0.1, 0.15) is 0 Å². The van der Waals surface area contributed by atoms with Gasteiger partial charge in [0.05, 0.1) is 13.7 Å². The minimum Gasteiger partial charge on any atom is -0.467 e. The molecule has 0 saturated carbocycles. The number of rotatable bonds is 3. The molecular weight excluding hydrogens is 207 g/mol. The summed E-state index contributed by atoms with van der Waals surface area (Å²) in [5.74, 6) is -3.45. The molecule has 0 heterocycles. The third kappa shape index (κ3) is 3.60. The molecule has 14 heavy (non-hydrogen) atoms. The number of carbonyl (C=O) groups excluding carboxylic acids is 2. The van der Waals surface area contributed by atoms with Crippen LogP contribution in [0.5, 0.6) is 0 Å². The first-order chi connectivity index (χ1) is 6.32. The van der Waals surface area contributed by atoms with Crippen molar-refractivity contribution in [2.75, 3.05) is 13.7 Å². The van der Waals surface area contributed by atoms with Gasteiger partial charge in [-0.25, -0.2) is 4.79 Å². The smallest absolute Gasteiger partial charge is 0.467 e. The Kier molecular flexibility index (Phi) is 4.35. The summed E-state index contributed by atoms with van der Waals surface area (Å²) in [6, 6.07) is -1.70. The molecule has 0 rings (SSSR count). The summed E-state index contributed by atoms with van der Waals surface area (Å²) < 4.78 is 39.0. The molecule has 0 aromatic heterocycles. The van der Waals surface area contributed by atoms with Crippen LogP contribution in [0.4, 0.5) is 13.2 Å². The molecule has 0 aliphatic heterocycles. The average Bonchev–Trinajstić information content (AvgIpc) is 2.10. The highest BCUT2D eigenvalue weighted by molar-refractivity contribution is 5.87. The van der Waals surface area contributed by atoms with E-state index in [2.05, 4.69) is 4.74 Å². The maximum atomic E-state index is 11.7. The topological polar surface area (TPSA) is 75.6 Å². The second-order valence-electron chi connectivity index (χ2n) is 2.23. The van der Waals surface area contributed by atoms with Gasteiger partial charge >= 0.3 is 18.1 Å². The fraction of sp³-hybridized carbons (Fsp3) is 0.667. The third-order valence-electron chi connectivity index (χ3n) is 1.23. The number of alkyl halides is 3. The van der Waals surface area contributed by atoms with Crippen molar-refractivity contribution in [2.24, 2.45) is 0 Å². The molecule has 0 saturated heterocycles. The van der Waals surface area contributed by atoms with Crippen molar-refractivity contribution in [2.45, 2.75) is 12.2 Å². The van der Waals surface area contributed by atoms with Gasteiger partial charge in [-0.1, -0.05) is 0 Å². The van der Waals surface area contributed by atoms with Crippen LogP contribution in [0.15, 0.2) is 0 Å². The lowest BCUT2D eigenvalue weighted by molar-refractivity contribution is -0.176. The Morgan fingerprint density at radius 1 is 1.50 bits per heavy atom. The van der Waals surface area contributed by atoms with Crippen LogP contribution in [0.3, 0.4) is 0 Å². The maximum absolute atomic E-state index is 11.7. The lowest BCUT2D eigenvalue weighted by Gasteiger charge is -2.14. The number of hydrogen-bond acceptors (Lipinski definition) is 4. The molecule has 0 spiro atoms. The van der Waals surface area contributed by atoms with Crippen molar-refractivity contribution in [1.29, 1.82) is 0 Å². The van der Waals surface area contributed by atoms with Crippen LogP contribution in [0.2, 0.25) is 0 Å². The van der Waals surface area contributed by atoms with Crippen molar-refractivity contribution < 1.29 is 32.6 Å². The molecule has 0 aliphatic carbocycles. The van der Waals surface area contributed by atoms with Crippen molar-refractivity contribution in [3.05, 3.63) is 0 Å². The molecule has 0 aliphatic rings. The monoisotopic (exact) mass is 215 g/mol.